The molecule has 6 nitrogen and oxygen atoms in total. The van der Waals surface area contributed by atoms with E-state index in [-0.39, 0.29) is 5.56 Å². The molecular formula is C14H18N4O2. The molecule has 0 atom stereocenters. The molecule has 6 heteroatoms. The van der Waals surface area contributed by atoms with Gasteiger partial charge < -0.3 is 9.72 Å². The summed E-state index contributed by atoms with van der Waals surface area (Å²) in [5.74, 6) is 1.10. The summed E-state index contributed by atoms with van der Waals surface area (Å²) in [6.45, 7) is 3.33. The Bertz CT molecular complexity index is 708. The highest BCUT2D eigenvalue weighted by molar-refractivity contribution is 5.78. The van der Waals surface area contributed by atoms with Gasteiger partial charge in [0, 0.05) is 19.1 Å². The Hall–Kier alpha value is -1.69. The lowest BCUT2D eigenvalue weighted by Crippen LogP contribution is -2.21. The third-order valence-corrected chi connectivity index (χ3v) is 4.21. The lowest BCUT2D eigenvalue weighted by molar-refractivity contribution is 0.0672. The third kappa shape index (κ3) is 1.86. The molecule has 20 heavy (non-hydrogen) atoms. The van der Waals surface area contributed by atoms with Crippen LogP contribution in [-0.4, -0.2) is 33.0 Å². The van der Waals surface area contributed by atoms with Gasteiger partial charge in [0.25, 0.3) is 5.56 Å². The van der Waals surface area contributed by atoms with Gasteiger partial charge in [-0.2, -0.15) is 5.10 Å². The molecule has 2 aromatic rings. The Morgan fingerprint density at radius 2 is 2.00 bits per heavy atom. The van der Waals surface area contributed by atoms with Crippen LogP contribution < -0.4 is 5.56 Å². The Morgan fingerprint density at radius 3 is 2.70 bits per heavy atom. The van der Waals surface area contributed by atoms with Crippen LogP contribution in [0.4, 0.5) is 0 Å². The van der Waals surface area contributed by atoms with E-state index < -0.39 is 0 Å². The Morgan fingerprint density at radius 1 is 1.25 bits per heavy atom. The number of aryl methyl sites for hydroxylation is 1. The fourth-order valence-corrected chi connectivity index (χ4v) is 3.01. The SMILES string of the molecule is Cc1nc2c(c(C3CC3)nn2C2CCOCC2)c(=O)[nH]1. The zero-order valence-electron chi connectivity index (χ0n) is 11.6. The van der Waals surface area contributed by atoms with E-state index in [2.05, 4.69) is 9.97 Å². The van der Waals surface area contributed by atoms with Crippen molar-refractivity contribution in [3.8, 4) is 0 Å². The topological polar surface area (TPSA) is 72.8 Å². The molecule has 2 fully saturated rings. The summed E-state index contributed by atoms with van der Waals surface area (Å²) in [6, 6.07) is 0.299. The average molecular weight is 274 g/mol. The van der Waals surface area contributed by atoms with Crippen LogP contribution >= 0.6 is 0 Å². The van der Waals surface area contributed by atoms with Crippen LogP contribution in [-0.2, 0) is 4.74 Å². The fraction of sp³-hybridized carbons (Fsp3) is 0.643. The Labute approximate surface area is 116 Å². The molecule has 4 rings (SSSR count). The number of fused-ring (bicyclic) bond motifs is 1. The summed E-state index contributed by atoms with van der Waals surface area (Å²) in [5.41, 5.74) is 1.65. The van der Waals surface area contributed by atoms with Gasteiger partial charge in [-0.05, 0) is 32.6 Å². The number of nitrogens with one attached hydrogen (secondary N) is 1. The molecule has 106 valence electrons. The summed E-state index contributed by atoms with van der Waals surface area (Å²) < 4.78 is 7.40. The third-order valence-electron chi connectivity index (χ3n) is 4.21. The molecule has 0 unspecified atom stereocenters. The predicted octanol–water partition coefficient (Wildman–Crippen LogP) is 1.66. The minimum Gasteiger partial charge on any atom is -0.381 e. The van der Waals surface area contributed by atoms with Crippen LogP contribution in [0.3, 0.4) is 0 Å². The molecule has 1 N–H and O–H groups in total. The second-order valence-corrected chi connectivity index (χ2v) is 5.80. The molecule has 0 aromatic carbocycles. The maximum absolute atomic E-state index is 12.3. The van der Waals surface area contributed by atoms with Crippen molar-refractivity contribution in [3.05, 3.63) is 21.9 Å². The van der Waals surface area contributed by atoms with E-state index in [1.165, 1.54) is 0 Å². The van der Waals surface area contributed by atoms with Crippen LogP contribution in [0, 0.1) is 6.92 Å². The summed E-state index contributed by atoms with van der Waals surface area (Å²) in [6.07, 6.45) is 4.14. The minimum absolute atomic E-state index is 0.0484. The summed E-state index contributed by atoms with van der Waals surface area (Å²) in [7, 11) is 0. The van der Waals surface area contributed by atoms with Crippen LogP contribution in [0.5, 0.6) is 0 Å². The maximum Gasteiger partial charge on any atom is 0.262 e. The maximum atomic E-state index is 12.3. The zero-order valence-corrected chi connectivity index (χ0v) is 11.6. The second-order valence-electron chi connectivity index (χ2n) is 5.80. The van der Waals surface area contributed by atoms with Crippen molar-refractivity contribution in [2.24, 2.45) is 0 Å². The number of hydrogen-bond acceptors (Lipinski definition) is 4. The fourth-order valence-electron chi connectivity index (χ4n) is 3.01. The first kappa shape index (κ1) is 12.1. The number of rotatable bonds is 2. The number of nitrogens with zero attached hydrogens (tertiary/aromatic N) is 3. The molecule has 3 heterocycles. The summed E-state index contributed by atoms with van der Waals surface area (Å²) in [4.78, 5) is 19.6. The van der Waals surface area contributed by atoms with Gasteiger partial charge in [0.1, 0.15) is 11.2 Å². The molecule has 1 saturated carbocycles. The summed E-state index contributed by atoms with van der Waals surface area (Å²) in [5, 5.41) is 5.45. The molecule has 2 aliphatic rings. The first-order valence-electron chi connectivity index (χ1n) is 7.31. The van der Waals surface area contributed by atoms with Crippen molar-refractivity contribution in [3.63, 3.8) is 0 Å². The van der Waals surface area contributed by atoms with Gasteiger partial charge >= 0.3 is 0 Å². The normalized spacial score (nSPS) is 20.6. The second kappa shape index (κ2) is 4.41. The van der Waals surface area contributed by atoms with Crippen molar-refractivity contribution in [1.82, 2.24) is 19.7 Å². The van der Waals surface area contributed by atoms with E-state index >= 15 is 0 Å². The van der Waals surface area contributed by atoms with Gasteiger partial charge in [-0.3, -0.25) is 4.79 Å². The number of hydrogen-bond donors (Lipinski definition) is 1. The zero-order chi connectivity index (χ0) is 13.7. The van der Waals surface area contributed by atoms with E-state index in [4.69, 9.17) is 9.84 Å². The van der Waals surface area contributed by atoms with E-state index in [0.29, 0.717) is 23.2 Å². The predicted molar refractivity (Wildman–Crippen MR) is 74.0 cm³/mol. The highest BCUT2D eigenvalue weighted by Gasteiger charge is 2.32. The standard InChI is InChI=1S/C14H18N4O2/c1-8-15-13-11(14(19)16-8)12(9-2-3-9)17-18(13)10-4-6-20-7-5-10/h9-10H,2-7H2,1H3,(H,15,16,19). The highest BCUT2D eigenvalue weighted by atomic mass is 16.5. The monoisotopic (exact) mass is 274 g/mol. The molecule has 1 saturated heterocycles. The van der Waals surface area contributed by atoms with Gasteiger partial charge in [-0.1, -0.05) is 0 Å². The Kier molecular flexibility index (Phi) is 2.66. The number of aromatic nitrogens is 4. The lowest BCUT2D eigenvalue weighted by atomic mass is 10.1. The van der Waals surface area contributed by atoms with Gasteiger partial charge in [0.2, 0.25) is 0 Å². The molecule has 1 aliphatic heterocycles. The van der Waals surface area contributed by atoms with Crippen LogP contribution in [0.1, 0.15) is 49.2 Å². The molecule has 0 amide bonds. The minimum atomic E-state index is -0.0484. The first-order chi connectivity index (χ1) is 9.74. The van der Waals surface area contributed by atoms with Crippen LogP contribution in [0.2, 0.25) is 0 Å². The molecule has 1 aliphatic carbocycles. The van der Waals surface area contributed by atoms with Gasteiger partial charge in [-0.15, -0.1) is 0 Å². The van der Waals surface area contributed by atoms with Gasteiger partial charge in [0.05, 0.1) is 11.7 Å². The largest absolute Gasteiger partial charge is 0.381 e. The van der Waals surface area contributed by atoms with Crippen molar-refractivity contribution < 1.29 is 4.74 Å². The Balaban J connectivity index is 1.93. The first-order valence-corrected chi connectivity index (χ1v) is 7.31. The number of ether oxygens (including phenoxy) is 1. The molecule has 0 spiro atoms. The van der Waals surface area contributed by atoms with E-state index in [1.54, 1.807) is 0 Å². The van der Waals surface area contributed by atoms with Crippen molar-refractivity contribution in [2.45, 2.75) is 44.6 Å². The lowest BCUT2D eigenvalue weighted by Gasteiger charge is -2.22. The van der Waals surface area contributed by atoms with E-state index in [0.717, 1.165) is 50.2 Å². The molecule has 0 radical (unpaired) electrons. The highest BCUT2D eigenvalue weighted by Crippen LogP contribution is 2.42. The van der Waals surface area contributed by atoms with E-state index in [9.17, 15) is 4.79 Å². The van der Waals surface area contributed by atoms with E-state index in [1.807, 2.05) is 11.6 Å². The molecule has 0 bridgehead atoms. The number of H-pyrrole nitrogens is 1. The number of aromatic amines is 1. The summed E-state index contributed by atoms with van der Waals surface area (Å²) >= 11 is 0. The molecular weight excluding hydrogens is 256 g/mol. The van der Waals surface area contributed by atoms with Gasteiger partial charge in [0.15, 0.2) is 5.65 Å². The smallest absolute Gasteiger partial charge is 0.262 e. The van der Waals surface area contributed by atoms with Crippen LogP contribution in [0.25, 0.3) is 11.0 Å². The quantitative estimate of drug-likeness (QED) is 0.904. The molecule has 2 aromatic heterocycles. The van der Waals surface area contributed by atoms with Crippen LogP contribution in [0.15, 0.2) is 4.79 Å². The van der Waals surface area contributed by atoms with Crippen molar-refractivity contribution >= 4 is 11.0 Å². The van der Waals surface area contributed by atoms with Gasteiger partial charge in [-0.25, -0.2) is 9.67 Å². The van der Waals surface area contributed by atoms with Crippen molar-refractivity contribution in [2.75, 3.05) is 13.2 Å². The van der Waals surface area contributed by atoms with Crippen molar-refractivity contribution in [1.29, 1.82) is 0 Å². The average Bonchev–Trinajstić information content (AvgIpc) is 3.21.